The summed E-state index contributed by atoms with van der Waals surface area (Å²) in [4.78, 5) is 84.9. The van der Waals surface area contributed by atoms with Crippen molar-refractivity contribution in [2.75, 3.05) is 43.4 Å². The first-order valence-corrected chi connectivity index (χ1v) is 21.5. The number of unbranched alkanes of at least 4 members (excludes halogenated alkanes) is 2. The van der Waals surface area contributed by atoms with Crippen LogP contribution in [0.25, 0.3) is 5.65 Å². The molecule has 14 nitrogen and oxygen atoms in total. The number of ketones is 2. The summed E-state index contributed by atoms with van der Waals surface area (Å²) in [6, 6.07) is 17.2. The molecule has 3 aromatic carbocycles. The molecule has 4 heterocycles. The third-order valence-corrected chi connectivity index (χ3v) is 12.1. The van der Waals surface area contributed by atoms with Crippen molar-refractivity contribution < 1.29 is 41.9 Å². The number of hydrogen-bond acceptors (Lipinski definition) is 10. The molecule has 8 rings (SSSR count). The lowest BCUT2D eigenvalue weighted by Crippen LogP contribution is -2.48. The molecule has 2 aliphatic heterocycles. The Morgan fingerprint density at radius 1 is 0.908 bits per heavy atom. The maximum absolute atomic E-state index is 14.4. The molecule has 3 N–H and O–H groups in total. The second-order valence-electron chi connectivity index (χ2n) is 16.4. The average Bonchev–Trinajstić information content (AvgIpc) is 3.82. The van der Waals surface area contributed by atoms with E-state index in [4.69, 9.17) is 0 Å². The van der Waals surface area contributed by atoms with Gasteiger partial charge in [0.1, 0.15) is 5.69 Å². The molecular weight excluding hydrogens is 842 g/mol. The smallest absolute Gasteiger partial charge is 0.384 e. The van der Waals surface area contributed by atoms with Crippen LogP contribution in [0.5, 0.6) is 0 Å². The zero-order valence-electron chi connectivity index (χ0n) is 35.5. The van der Waals surface area contributed by atoms with E-state index in [-0.39, 0.29) is 53.2 Å². The highest BCUT2D eigenvalue weighted by Gasteiger charge is 2.48. The second kappa shape index (κ2) is 18.9. The molecule has 2 unspecified atom stereocenters. The quantitative estimate of drug-likeness (QED) is 0.0577. The number of anilines is 2. The summed E-state index contributed by atoms with van der Waals surface area (Å²) in [6.07, 6.45) is 1.05. The normalized spacial score (nSPS) is 17.7. The van der Waals surface area contributed by atoms with Gasteiger partial charge in [-0.05, 0) is 85.7 Å². The number of rotatable bonds is 12. The van der Waals surface area contributed by atoms with Crippen molar-refractivity contribution in [1.29, 1.82) is 0 Å². The number of aromatic nitrogens is 3. The largest absolute Gasteiger partial charge is 0.416 e. The summed E-state index contributed by atoms with van der Waals surface area (Å²) < 4.78 is 44.8. The Kier molecular flexibility index (Phi) is 12.9. The molecule has 4 amide bonds. The van der Waals surface area contributed by atoms with E-state index in [2.05, 4.69) is 37.9 Å². The molecule has 65 heavy (non-hydrogen) atoms. The average molecular weight is 887 g/mol. The molecule has 2 saturated heterocycles. The number of imide groups is 1. The lowest BCUT2D eigenvalue weighted by atomic mass is 9.82. The molecule has 5 aromatic rings. The molecule has 0 bridgehead atoms. The fourth-order valence-corrected chi connectivity index (χ4v) is 8.56. The third-order valence-electron chi connectivity index (χ3n) is 12.1. The van der Waals surface area contributed by atoms with E-state index in [1.54, 1.807) is 70.3 Å². The number of nitrogens with one attached hydrogen (secondary N) is 3. The van der Waals surface area contributed by atoms with Gasteiger partial charge >= 0.3 is 6.18 Å². The minimum atomic E-state index is -4.68. The zero-order valence-corrected chi connectivity index (χ0v) is 35.5. The van der Waals surface area contributed by atoms with Gasteiger partial charge in [-0.1, -0.05) is 36.6 Å². The first kappa shape index (κ1) is 44.4. The first-order valence-electron chi connectivity index (χ1n) is 21.5. The van der Waals surface area contributed by atoms with E-state index in [1.807, 2.05) is 11.8 Å². The fraction of sp³-hybridized carbons (Fsp3) is 0.333. The lowest BCUT2D eigenvalue weighted by Gasteiger charge is -2.35. The SMILES string of the molecule is Cc1ccc(C(=O)Nc2ccc(CN3CCN(C(=O)CCCCCNc4cccc5c4C(=O)C(C4CCC(=O)NC4=O)C5=O)CC3)c(C(F)(F)F)c2)cc1C#Cc1cnc2cccnn12. The van der Waals surface area contributed by atoms with E-state index >= 15 is 0 Å². The highest BCUT2D eigenvalue weighted by molar-refractivity contribution is 6.30. The number of carbonyl (C=O) groups is 6. The van der Waals surface area contributed by atoms with Crippen molar-refractivity contribution in [2.45, 2.75) is 58.2 Å². The standard InChI is InChI=1S/C48H45F3N8O6/c1-29-11-12-31(25-30(29)14-16-34-27-53-39-9-6-20-54-59(34)39)46(64)55-33-15-13-32(37(26-33)48(49,50)51)28-57-21-23-58(24-22-57)41(61)10-3-2-4-19-52-38-8-5-7-35-42(38)45(63)43(44(35)62)36-17-18-40(60)56-47(36)65/h5-9,11-13,15,20,25-27,36,43,52H,2-4,10,17-19,21-24,28H2,1H3,(H,55,64)(H,56,60,65). The van der Waals surface area contributed by atoms with E-state index in [0.717, 1.165) is 11.6 Å². The van der Waals surface area contributed by atoms with Gasteiger partial charge in [-0.2, -0.15) is 18.3 Å². The molecule has 0 radical (unpaired) electrons. The van der Waals surface area contributed by atoms with Crippen molar-refractivity contribution in [3.05, 3.63) is 124 Å². The summed E-state index contributed by atoms with van der Waals surface area (Å²) in [7, 11) is 0. The molecular formula is C48H45F3N8O6. The van der Waals surface area contributed by atoms with Gasteiger partial charge < -0.3 is 15.5 Å². The minimum Gasteiger partial charge on any atom is -0.384 e. The third kappa shape index (κ3) is 9.82. The van der Waals surface area contributed by atoms with Crippen molar-refractivity contribution in [3.8, 4) is 11.8 Å². The van der Waals surface area contributed by atoms with E-state index < -0.39 is 52.9 Å². The molecule has 2 aromatic heterocycles. The fourth-order valence-electron chi connectivity index (χ4n) is 8.56. The maximum Gasteiger partial charge on any atom is 0.416 e. The number of amides is 4. The number of carbonyl (C=O) groups excluding carboxylic acids is 6. The molecule has 2 fully saturated rings. The van der Waals surface area contributed by atoms with E-state index in [0.29, 0.717) is 81.0 Å². The second-order valence-corrected chi connectivity index (χ2v) is 16.4. The number of piperidine rings is 1. The predicted octanol–water partition coefficient (Wildman–Crippen LogP) is 6.07. The number of aryl methyl sites for hydroxylation is 1. The van der Waals surface area contributed by atoms with Crippen LogP contribution in [-0.2, 0) is 27.1 Å². The predicted molar refractivity (Wildman–Crippen MR) is 233 cm³/mol. The molecule has 0 saturated carbocycles. The van der Waals surface area contributed by atoms with Crippen LogP contribution in [0.1, 0.15) is 97.5 Å². The first-order chi connectivity index (χ1) is 31.2. The summed E-state index contributed by atoms with van der Waals surface area (Å²) in [5.74, 6) is 1.55. The Labute approximate surface area is 372 Å². The van der Waals surface area contributed by atoms with Gasteiger partial charge in [0.2, 0.25) is 17.7 Å². The molecule has 17 heteroatoms. The topological polar surface area (TPSA) is 175 Å². The van der Waals surface area contributed by atoms with Gasteiger partial charge in [-0.25, -0.2) is 9.50 Å². The highest BCUT2D eigenvalue weighted by Crippen LogP contribution is 2.39. The Morgan fingerprint density at radius 3 is 2.51 bits per heavy atom. The highest BCUT2D eigenvalue weighted by atomic mass is 19.4. The van der Waals surface area contributed by atoms with Gasteiger partial charge in [0.15, 0.2) is 17.2 Å². The van der Waals surface area contributed by atoms with E-state index in [9.17, 15) is 41.9 Å². The summed E-state index contributed by atoms with van der Waals surface area (Å²) in [5, 5.41) is 12.3. The lowest BCUT2D eigenvalue weighted by molar-refractivity contribution is -0.139. The van der Waals surface area contributed by atoms with Crippen LogP contribution in [0, 0.1) is 30.6 Å². The number of Topliss-reactive ketones (excluding diaryl/α,β-unsaturated/α-hetero) is 2. The number of piperazine rings is 1. The Morgan fingerprint density at radius 2 is 1.72 bits per heavy atom. The number of benzene rings is 3. The van der Waals surface area contributed by atoms with Crippen molar-refractivity contribution in [2.24, 2.45) is 11.8 Å². The minimum absolute atomic E-state index is 0.00220. The number of imidazole rings is 1. The molecule has 3 aliphatic rings. The monoisotopic (exact) mass is 886 g/mol. The van der Waals surface area contributed by atoms with Gasteiger partial charge in [0.05, 0.1) is 29.2 Å². The van der Waals surface area contributed by atoms with Gasteiger partial charge in [0.25, 0.3) is 5.91 Å². The van der Waals surface area contributed by atoms with Crippen LogP contribution in [0.3, 0.4) is 0 Å². The number of nitrogens with zero attached hydrogens (tertiary/aromatic N) is 5. The van der Waals surface area contributed by atoms with Crippen LogP contribution in [-0.4, -0.2) is 92.3 Å². The summed E-state index contributed by atoms with van der Waals surface area (Å²) in [5.41, 5.74) is 3.02. The Bertz CT molecular complexity index is 2780. The van der Waals surface area contributed by atoms with Crippen LogP contribution in [0.2, 0.25) is 0 Å². The van der Waals surface area contributed by atoms with Crippen molar-refractivity contribution in [1.82, 2.24) is 29.7 Å². The van der Waals surface area contributed by atoms with Crippen molar-refractivity contribution in [3.63, 3.8) is 0 Å². The van der Waals surface area contributed by atoms with Crippen LogP contribution < -0.4 is 16.0 Å². The van der Waals surface area contributed by atoms with Gasteiger partial charge in [-0.15, -0.1) is 0 Å². The summed E-state index contributed by atoms with van der Waals surface area (Å²) in [6.45, 7) is 3.88. The van der Waals surface area contributed by atoms with E-state index in [1.165, 1.54) is 12.1 Å². The Balaban J connectivity index is 0.791. The van der Waals surface area contributed by atoms with Gasteiger partial charge in [0, 0.05) is 86.4 Å². The molecule has 0 spiro atoms. The van der Waals surface area contributed by atoms with Gasteiger partial charge in [-0.3, -0.25) is 39.0 Å². The van der Waals surface area contributed by atoms with Crippen LogP contribution in [0.15, 0.2) is 79.1 Å². The number of halogens is 3. The summed E-state index contributed by atoms with van der Waals surface area (Å²) >= 11 is 0. The Hall–Kier alpha value is -7.19. The molecule has 2 atom stereocenters. The number of fused-ring (bicyclic) bond motifs is 2. The molecule has 1 aliphatic carbocycles. The van der Waals surface area contributed by atoms with Crippen LogP contribution >= 0.6 is 0 Å². The molecule has 334 valence electrons. The maximum atomic E-state index is 14.4. The van der Waals surface area contributed by atoms with Crippen LogP contribution in [0.4, 0.5) is 24.5 Å². The van der Waals surface area contributed by atoms with Crippen molar-refractivity contribution >= 4 is 52.2 Å². The number of alkyl halides is 3. The zero-order chi connectivity index (χ0) is 45.8. The number of hydrogen-bond donors (Lipinski definition) is 3.